The molecule has 0 saturated carbocycles. The second-order valence-electron chi connectivity index (χ2n) is 13.7. The average molecular weight is 854 g/mol. The number of carbonyl (C=O) groups excluding carboxylic acids is 2. The van der Waals surface area contributed by atoms with Crippen LogP contribution in [0.5, 0.6) is 5.75 Å². The van der Waals surface area contributed by atoms with Crippen LogP contribution in [0.15, 0.2) is 35.4 Å². The monoisotopic (exact) mass is 853 g/mol. The third-order valence-corrected chi connectivity index (χ3v) is 10.0. The predicted molar refractivity (Wildman–Crippen MR) is 218 cm³/mol. The van der Waals surface area contributed by atoms with Crippen molar-refractivity contribution in [2.24, 2.45) is 0 Å². The van der Waals surface area contributed by atoms with Crippen molar-refractivity contribution in [1.29, 1.82) is 0 Å². The Bertz CT molecular complexity index is 1610. The molecule has 332 valence electrons. The Hall–Kier alpha value is -4.43. The highest BCUT2D eigenvalue weighted by molar-refractivity contribution is 7.92. The fourth-order valence-corrected chi connectivity index (χ4v) is 6.51. The molecule has 1 aromatic heterocycles. The number of ether oxygens (including phenoxy) is 5. The van der Waals surface area contributed by atoms with Crippen molar-refractivity contribution >= 4 is 39.7 Å². The third-order valence-electron chi connectivity index (χ3n) is 8.69. The number of anilines is 1. The Balaban J connectivity index is 1.53. The minimum Gasteiger partial charge on any atom is -0.494 e. The summed E-state index contributed by atoms with van der Waals surface area (Å²) in [7, 11) is -4.00. The van der Waals surface area contributed by atoms with Gasteiger partial charge in [0.15, 0.2) is 0 Å². The van der Waals surface area contributed by atoms with Crippen molar-refractivity contribution in [3.63, 3.8) is 0 Å². The van der Waals surface area contributed by atoms with E-state index in [0.29, 0.717) is 12.4 Å². The Kier molecular flexibility index (Phi) is 27.1. The fourth-order valence-electron chi connectivity index (χ4n) is 5.56. The van der Waals surface area contributed by atoms with Crippen molar-refractivity contribution in [2.75, 3.05) is 77.3 Å². The van der Waals surface area contributed by atoms with Crippen molar-refractivity contribution in [2.45, 2.75) is 102 Å². The summed E-state index contributed by atoms with van der Waals surface area (Å²) in [6, 6.07) is 6.11. The molecule has 19 heteroatoms. The number of nitrogens with one attached hydrogen (secondary N) is 3. The number of aliphatic carboxylic acids is 2. The third kappa shape index (κ3) is 25.6. The number of sulfonamides is 1. The maximum Gasteiger partial charge on any atom is 0.329 e. The van der Waals surface area contributed by atoms with Crippen LogP contribution < -0.4 is 20.1 Å². The number of rotatable bonds is 37. The van der Waals surface area contributed by atoms with Crippen LogP contribution in [0.4, 0.5) is 5.95 Å². The molecule has 0 saturated heterocycles. The summed E-state index contributed by atoms with van der Waals surface area (Å²) >= 11 is 0. The number of benzene rings is 1. The van der Waals surface area contributed by atoms with Gasteiger partial charge in [-0.25, -0.2) is 27.9 Å². The maximum absolute atomic E-state index is 13.0. The molecule has 0 aliphatic heterocycles. The van der Waals surface area contributed by atoms with Crippen molar-refractivity contribution in [3.05, 3.63) is 41.7 Å². The van der Waals surface area contributed by atoms with Gasteiger partial charge in [-0.3, -0.25) is 14.4 Å². The van der Waals surface area contributed by atoms with E-state index in [1.807, 2.05) is 0 Å². The lowest BCUT2D eigenvalue weighted by molar-refractivity contribution is -0.143. The number of aryl methyl sites for hydroxylation is 1. The summed E-state index contributed by atoms with van der Waals surface area (Å²) in [4.78, 5) is 53.5. The standard InChI is InChI=1S/C40H63N5O13S/c1-32-35(39(51)42-21-24-55-25-27-56-30-36(46)41-20-23-54-26-28-57-31-38(49)50)29-43-40(44-32)45-59(52,53)34-18-16-33(17-19-34)58-22-14-12-10-8-6-4-2-3-5-7-9-11-13-15-37(47)48/h16-19,29H,2-15,20-28,30-31H2,1H3,(H,41,46)(H,42,51)(H,47,48)(H,49,50)(H,43,44,45). The smallest absolute Gasteiger partial charge is 0.329 e. The minimum absolute atomic E-state index is 0.0124. The highest BCUT2D eigenvalue weighted by Gasteiger charge is 2.18. The highest BCUT2D eigenvalue weighted by atomic mass is 32.2. The number of carboxylic acid groups (broad SMARTS) is 2. The van der Waals surface area contributed by atoms with E-state index in [4.69, 9.17) is 33.9 Å². The van der Waals surface area contributed by atoms with Crippen LogP contribution >= 0.6 is 0 Å². The fraction of sp³-hybridized carbons (Fsp3) is 0.650. The van der Waals surface area contributed by atoms with Gasteiger partial charge in [-0.1, -0.05) is 70.6 Å². The van der Waals surface area contributed by atoms with Gasteiger partial charge in [0.05, 0.1) is 62.4 Å². The number of hydrogen-bond acceptors (Lipinski definition) is 13. The molecule has 18 nitrogen and oxygen atoms in total. The van der Waals surface area contributed by atoms with E-state index in [1.165, 1.54) is 63.3 Å². The minimum atomic E-state index is -4.00. The lowest BCUT2D eigenvalue weighted by Crippen LogP contribution is -2.31. The van der Waals surface area contributed by atoms with Gasteiger partial charge in [-0.05, 0) is 44.0 Å². The van der Waals surface area contributed by atoms with Gasteiger partial charge in [0.25, 0.3) is 15.9 Å². The van der Waals surface area contributed by atoms with Crippen LogP contribution in [-0.4, -0.2) is 125 Å². The molecule has 2 amide bonds. The number of unbranched alkanes of at least 4 members (excludes halogenated alkanes) is 12. The quantitative estimate of drug-likeness (QED) is 0.0587. The van der Waals surface area contributed by atoms with E-state index < -0.39 is 34.5 Å². The molecular formula is C40H63N5O13S. The molecule has 1 heterocycles. The van der Waals surface area contributed by atoms with Gasteiger partial charge in [0, 0.05) is 25.7 Å². The van der Waals surface area contributed by atoms with E-state index in [1.54, 1.807) is 19.1 Å². The van der Waals surface area contributed by atoms with Gasteiger partial charge in [0.1, 0.15) is 19.0 Å². The molecule has 5 N–H and O–H groups in total. The summed E-state index contributed by atoms with van der Waals surface area (Å²) < 4.78 is 54.8. The lowest BCUT2D eigenvalue weighted by Gasteiger charge is -2.11. The lowest BCUT2D eigenvalue weighted by atomic mass is 10.0. The van der Waals surface area contributed by atoms with E-state index in [9.17, 15) is 27.6 Å². The molecule has 0 atom stereocenters. The SMILES string of the molecule is Cc1nc(NS(=O)(=O)c2ccc(OCCCCCCCCCCCCCCCC(=O)O)cc2)ncc1C(=O)NCCOCCOCC(=O)NCCOCCOCC(=O)O. The molecule has 0 fully saturated rings. The Labute approximate surface area is 347 Å². The second kappa shape index (κ2) is 31.5. The molecule has 0 aliphatic carbocycles. The number of carbonyl (C=O) groups is 4. The first-order valence-electron chi connectivity index (χ1n) is 20.4. The predicted octanol–water partition coefficient (Wildman–Crippen LogP) is 4.51. The second-order valence-corrected chi connectivity index (χ2v) is 15.4. The van der Waals surface area contributed by atoms with Crippen LogP contribution in [0.2, 0.25) is 0 Å². The van der Waals surface area contributed by atoms with Crippen LogP contribution in [0.1, 0.15) is 106 Å². The number of aromatic nitrogens is 2. The van der Waals surface area contributed by atoms with Crippen LogP contribution in [0.3, 0.4) is 0 Å². The normalized spacial score (nSPS) is 11.3. The molecule has 0 unspecified atom stereocenters. The van der Waals surface area contributed by atoms with Crippen LogP contribution in [0.25, 0.3) is 0 Å². The van der Waals surface area contributed by atoms with Gasteiger partial charge in [0.2, 0.25) is 11.9 Å². The first kappa shape index (κ1) is 50.7. The largest absolute Gasteiger partial charge is 0.494 e. The van der Waals surface area contributed by atoms with Crippen molar-refractivity contribution in [3.8, 4) is 5.75 Å². The van der Waals surface area contributed by atoms with Crippen molar-refractivity contribution in [1.82, 2.24) is 20.6 Å². The van der Waals surface area contributed by atoms with Gasteiger partial charge in [-0.2, -0.15) is 0 Å². The van der Waals surface area contributed by atoms with Crippen LogP contribution in [0, 0.1) is 6.92 Å². The van der Waals surface area contributed by atoms with Crippen molar-refractivity contribution < 1.29 is 61.5 Å². The number of hydrogen-bond donors (Lipinski definition) is 5. The van der Waals surface area contributed by atoms with Gasteiger partial charge >= 0.3 is 11.9 Å². The van der Waals surface area contributed by atoms with E-state index >= 15 is 0 Å². The Morgan fingerprint density at radius 3 is 1.71 bits per heavy atom. The first-order valence-corrected chi connectivity index (χ1v) is 21.8. The number of carboxylic acids is 2. The number of amides is 2. The zero-order valence-electron chi connectivity index (χ0n) is 34.3. The molecule has 0 bridgehead atoms. The average Bonchev–Trinajstić information content (AvgIpc) is 3.19. The molecule has 0 aliphatic rings. The highest BCUT2D eigenvalue weighted by Crippen LogP contribution is 2.19. The summed E-state index contributed by atoms with van der Waals surface area (Å²) in [6.45, 7) is 3.13. The Morgan fingerprint density at radius 1 is 0.627 bits per heavy atom. The van der Waals surface area contributed by atoms with E-state index in [2.05, 4.69) is 25.3 Å². The molecule has 59 heavy (non-hydrogen) atoms. The molecule has 0 radical (unpaired) electrons. The van der Waals surface area contributed by atoms with Crippen LogP contribution in [-0.2, 0) is 43.4 Å². The summed E-state index contributed by atoms with van der Waals surface area (Å²) in [5.41, 5.74) is 0.448. The van der Waals surface area contributed by atoms with E-state index in [0.717, 1.165) is 38.5 Å². The summed E-state index contributed by atoms with van der Waals surface area (Å²) in [5, 5.41) is 22.4. The van der Waals surface area contributed by atoms with Gasteiger partial charge in [-0.15, -0.1) is 0 Å². The topological polar surface area (TPSA) is 251 Å². The summed E-state index contributed by atoms with van der Waals surface area (Å²) in [5.74, 6) is -2.15. The maximum atomic E-state index is 13.0. The molecular weight excluding hydrogens is 791 g/mol. The van der Waals surface area contributed by atoms with Gasteiger partial charge < -0.3 is 44.5 Å². The molecule has 2 rings (SSSR count). The first-order chi connectivity index (χ1) is 28.5. The Morgan fingerprint density at radius 2 is 1.15 bits per heavy atom. The zero-order chi connectivity index (χ0) is 43.0. The molecule has 0 spiro atoms. The summed E-state index contributed by atoms with van der Waals surface area (Å²) in [6.07, 6.45) is 16.2. The van der Waals surface area contributed by atoms with E-state index in [-0.39, 0.29) is 93.8 Å². The number of nitrogens with zero attached hydrogens (tertiary/aromatic N) is 2. The zero-order valence-corrected chi connectivity index (χ0v) is 35.1. The molecule has 1 aromatic carbocycles. The molecule has 2 aromatic rings.